The maximum absolute atomic E-state index is 13.6. The molecule has 38 heavy (non-hydrogen) atoms. The Balaban J connectivity index is 1.57. The van der Waals surface area contributed by atoms with Crippen molar-refractivity contribution in [2.24, 2.45) is 5.10 Å². The highest BCUT2D eigenvalue weighted by molar-refractivity contribution is 7.92. The number of carbonyl (C=O) groups is 1. The van der Waals surface area contributed by atoms with E-state index in [0.717, 1.165) is 32.5 Å². The summed E-state index contributed by atoms with van der Waals surface area (Å²) in [7, 11) is -3.99. The van der Waals surface area contributed by atoms with Gasteiger partial charge in [-0.3, -0.25) is 9.10 Å². The summed E-state index contributed by atoms with van der Waals surface area (Å²) in [6.07, 6.45) is 2.17. The van der Waals surface area contributed by atoms with Gasteiger partial charge in [0.1, 0.15) is 6.54 Å². The fraction of sp³-hybridized carbons (Fsp3) is 0.172. The molecule has 0 saturated heterocycles. The smallest absolute Gasteiger partial charge is 0.264 e. The van der Waals surface area contributed by atoms with Crippen LogP contribution in [0.4, 0.5) is 5.69 Å². The number of nitrogens with one attached hydrogen (secondary N) is 1. The van der Waals surface area contributed by atoms with Crippen LogP contribution in [0.1, 0.15) is 29.4 Å². The van der Waals surface area contributed by atoms with Gasteiger partial charge in [0, 0.05) is 27.7 Å². The number of aryl methyl sites for hydroxylation is 2. The highest BCUT2D eigenvalue weighted by atomic mass is 35.5. The van der Waals surface area contributed by atoms with E-state index in [-0.39, 0.29) is 4.90 Å². The summed E-state index contributed by atoms with van der Waals surface area (Å²) in [5.41, 5.74) is 7.49. The normalized spacial score (nSPS) is 11.6. The number of rotatable bonds is 9. The van der Waals surface area contributed by atoms with Crippen LogP contribution < -0.4 is 9.73 Å². The Morgan fingerprint density at radius 3 is 2.34 bits per heavy atom. The molecule has 4 aromatic rings. The molecule has 0 unspecified atom stereocenters. The maximum atomic E-state index is 13.6. The SMILES string of the molecule is CCc1ccccc1N(CC(=O)N/N=C\c1cc(C)n(-c2ccc(Cl)cc2)c1C)S(=O)(=O)c1ccccc1. The van der Waals surface area contributed by atoms with Crippen LogP contribution in [-0.4, -0.2) is 31.7 Å². The van der Waals surface area contributed by atoms with Gasteiger partial charge in [0.05, 0.1) is 16.8 Å². The van der Waals surface area contributed by atoms with Crippen LogP contribution in [-0.2, 0) is 21.2 Å². The summed E-state index contributed by atoms with van der Waals surface area (Å²) in [5, 5.41) is 4.79. The number of hydrogen-bond acceptors (Lipinski definition) is 4. The van der Waals surface area contributed by atoms with Crippen LogP contribution in [0, 0.1) is 13.8 Å². The van der Waals surface area contributed by atoms with Crippen molar-refractivity contribution in [1.29, 1.82) is 0 Å². The van der Waals surface area contributed by atoms with Gasteiger partial charge in [-0.05, 0) is 74.4 Å². The number of aromatic nitrogens is 1. The summed E-state index contributed by atoms with van der Waals surface area (Å²) in [6, 6.07) is 24.7. The Labute approximate surface area is 228 Å². The first kappa shape index (κ1) is 27.2. The largest absolute Gasteiger partial charge is 0.318 e. The lowest BCUT2D eigenvalue weighted by Crippen LogP contribution is -2.40. The molecule has 0 atom stereocenters. The average Bonchev–Trinajstić information content (AvgIpc) is 3.20. The lowest BCUT2D eigenvalue weighted by molar-refractivity contribution is -0.119. The average molecular weight is 549 g/mol. The zero-order valence-electron chi connectivity index (χ0n) is 21.4. The highest BCUT2D eigenvalue weighted by Crippen LogP contribution is 2.27. The molecule has 0 radical (unpaired) electrons. The molecule has 0 bridgehead atoms. The molecule has 1 heterocycles. The second-order valence-electron chi connectivity index (χ2n) is 8.74. The molecule has 0 saturated carbocycles. The molecule has 1 amide bonds. The second kappa shape index (κ2) is 11.7. The Morgan fingerprint density at radius 1 is 1.00 bits per heavy atom. The van der Waals surface area contributed by atoms with Gasteiger partial charge in [-0.25, -0.2) is 13.8 Å². The lowest BCUT2D eigenvalue weighted by atomic mass is 10.1. The van der Waals surface area contributed by atoms with Crippen molar-refractivity contribution in [2.45, 2.75) is 32.1 Å². The molecule has 1 aromatic heterocycles. The molecule has 9 heteroatoms. The minimum Gasteiger partial charge on any atom is -0.318 e. The number of hydrazone groups is 1. The molecule has 3 aromatic carbocycles. The van der Waals surface area contributed by atoms with E-state index in [2.05, 4.69) is 15.1 Å². The van der Waals surface area contributed by atoms with E-state index in [4.69, 9.17) is 11.6 Å². The van der Waals surface area contributed by atoms with Gasteiger partial charge in [-0.2, -0.15) is 5.10 Å². The van der Waals surface area contributed by atoms with E-state index >= 15 is 0 Å². The number of nitrogens with zero attached hydrogens (tertiary/aromatic N) is 3. The molecular formula is C29H29ClN4O3S. The number of sulfonamides is 1. The molecule has 0 fully saturated rings. The van der Waals surface area contributed by atoms with Gasteiger partial charge in [0.15, 0.2) is 0 Å². The third-order valence-electron chi connectivity index (χ3n) is 6.21. The monoisotopic (exact) mass is 548 g/mol. The fourth-order valence-electron chi connectivity index (χ4n) is 4.32. The van der Waals surface area contributed by atoms with Crippen LogP contribution >= 0.6 is 11.6 Å². The van der Waals surface area contributed by atoms with Crippen LogP contribution in [0.15, 0.2) is 94.9 Å². The Morgan fingerprint density at radius 2 is 1.66 bits per heavy atom. The van der Waals surface area contributed by atoms with E-state index in [1.54, 1.807) is 36.5 Å². The summed E-state index contributed by atoms with van der Waals surface area (Å²) in [5.74, 6) is -0.557. The number of para-hydroxylation sites is 1. The molecule has 1 N–H and O–H groups in total. The van der Waals surface area contributed by atoms with E-state index in [9.17, 15) is 13.2 Å². The number of anilines is 1. The van der Waals surface area contributed by atoms with Crippen molar-refractivity contribution in [1.82, 2.24) is 9.99 Å². The predicted molar refractivity (Wildman–Crippen MR) is 153 cm³/mol. The second-order valence-corrected chi connectivity index (χ2v) is 11.0. The first-order chi connectivity index (χ1) is 18.2. The molecule has 0 aliphatic heterocycles. The van der Waals surface area contributed by atoms with Gasteiger partial charge in [0.25, 0.3) is 15.9 Å². The minimum atomic E-state index is -3.99. The maximum Gasteiger partial charge on any atom is 0.264 e. The van der Waals surface area contributed by atoms with Crippen molar-refractivity contribution >= 4 is 39.4 Å². The highest BCUT2D eigenvalue weighted by Gasteiger charge is 2.28. The Bertz CT molecular complexity index is 1560. The van der Waals surface area contributed by atoms with E-state index in [0.29, 0.717) is 17.1 Å². The fourth-order valence-corrected chi connectivity index (χ4v) is 5.92. The number of benzene rings is 3. The van der Waals surface area contributed by atoms with Gasteiger partial charge in [-0.1, -0.05) is 54.9 Å². The third kappa shape index (κ3) is 5.82. The number of carbonyl (C=O) groups excluding carboxylic acids is 1. The topological polar surface area (TPSA) is 83.8 Å². The van der Waals surface area contributed by atoms with E-state index in [1.165, 1.54) is 12.1 Å². The van der Waals surface area contributed by atoms with Gasteiger partial charge in [-0.15, -0.1) is 0 Å². The molecule has 0 aliphatic carbocycles. The van der Waals surface area contributed by atoms with E-state index < -0.39 is 22.5 Å². The van der Waals surface area contributed by atoms with Crippen molar-refractivity contribution in [3.8, 4) is 5.69 Å². The Kier molecular flexibility index (Phi) is 8.34. The van der Waals surface area contributed by atoms with Crippen LogP contribution in [0.25, 0.3) is 5.69 Å². The van der Waals surface area contributed by atoms with Gasteiger partial charge in [0.2, 0.25) is 0 Å². The third-order valence-corrected chi connectivity index (χ3v) is 8.23. The standard InChI is InChI=1S/C29H29ClN4O3S/c1-4-23-10-8-9-13-28(23)33(38(36,37)27-11-6-5-7-12-27)20-29(35)32-31-19-24-18-21(2)34(22(24)3)26-16-14-25(30)15-17-26/h5-19H,4,20H2,1-3H3,(H,32,35)/b31-19-. The zero-order valence-corrected chi connectivity index (χ0v) is 23.0. The number of hydrogen-bond donors (Lipinski definition) is 1. The molecule has 0 spiro atoms. The van der Waals surface area contributed by atoms with Crippen molar-refractivity contribution in [3.05, 3.63) is 112 Å². The van der Waals surface area contributed by atoms with Crippen molar-refractivity contribution < 1.29 is 13.2 Å². The molecule has 7 nitrogen and oxygen atoms in total. The molecule has 196 valence electrons. The summed E-state index contributed by atoms with van der Waals surface area (Å²) in [6.45, 7) is 5.46. The van der Waals surface area contributed by atoms with E-state index in [1.807, 2.05) is 63.2 Å². The lowest BCUT2D eigenvalue weighted by Gasteiger charge is -2.25. The number of amides is 1. The summed E-state index contributed by atoms with van der Waals surface area (Å²) in [4.78, 5) is 13.1. The summed E-state index contributed by atoms with van der Waals surface area (Å²) >= 11 is 6.03. The molecular weight excluding hydrogens is 520 g/mol. The van der Waals surface area contributed by atoms with Gasteiger partial charge >= 0.3 is 0 Å². The van der Waals surface area contributed by atoms with Crippen molar-refractivity contribution in [2.75, 3.05) is 10.8 Å². The first-order valence-corrected chi connectivity index (χ1v) is 14.0. The van der Waals surface area contributed by atoms with Crippen LogP contribution in [0.2, 0.25) is 5.02 Å². The summed E-state index contributed by atoms with van der Waals surface area (Å²) < 4.78 is 30.3. The van der Waals surface area contributed by atoms with Crippen LogP contribution in [0.5, 0.6) is 0 Å². The molecule has 4 rings (SSSR count). The van der Waals surface area contributed by atoms with Crippen LogP contribution in [0.3, 0.4) is 0 Å². The van der Waals surface area contributed by atoms with Crippen molar-refractivity contribution in [3.63, 3.8) is 0 Å². The zero-order chi connectivity index (χ0) is 27.3. The van der Waals surface area contributed by atoms with Gasteiger partial charge < -0.3 is 4.57 Å². The quantitative estimate of drug-likeness (QED) is 0.216. The minimum absolute atomic E-state index is 0.108. The predicted octanol–water partition coefficient (Wildman–Crippen LogP) is 5.66. The first-order valence-electron chi connectivity index (χ1n) is 12.1. The number of halogens is 1. The Hall–Kier alpha value is -3.88. The molecule has 0 aliphatic rings.